The third-order valence-electron chi connectivity index (χ3n) is 2.48. The van der Waals surface area contributed by atoms with E-state index in [4.69, 9.17) is 15.2 Å². The van der Waals surface area contributed by atoms with Gasteiger partial charge < -0.3 is 15.2 Å². The van der Waals surface area contributed by atoms with Crippen LogP contribution in [0.25, 0.3) is 0 Å². The molecule has 0 aromatic carbocycles. The fourth-order valence-electron chi connectivity index (χ4n) is 1.66. The number of nitrogens with two attached hydrogens (primary N) is 1. The maximum absolute atomic E-state index is 11.0. The lowest BCUT2D eigenvalue weighted by atomic mass is 10.2. The van der Waals surface area contributed by atoms with E-state index in [0.717, 1.165) is 12.0 Å². The Kier molecular flexibility index (Phi) is 3.65. The topological polar surface area (TPSA) is 87.3 Å². The van der Waals surface area contributed by atoms with Crippen LogP contribution in [0, 0.1) is 0 Å². The van der Waals surface area contributed by atoms with E-state index in [9.17, 15) is 4.79 Å². The molecule has 0 bridgehead atoms. The van der Waals surface area contributed by atoms with Crippen molar-refractivity contribution in [1.82, 2.24) is 9.97 Å². The molecule has 1 unspecified atom stereocenters. The van der Waals surface area contributed by atoms with Crippen molar-refractivity contribution in [3.8, 4) is 0 Å². The van der Waals surface area contributed by atoms with E-state index in [2.05, 4.69) is 9.97 Å². The van der Waals surface area contributed by atoms with E-state index in [0.29, 0.717) is 25.5 Å². The zero-order valence-corrected chi connectivity index (χ0v) is 9.68. The summed E-state index contributed by atoms with van der Waals surface area (Å²) in [4.78, 5) is 19.0. The third-order valence-corrected chi connectivity index (χ3v) is 2.48. The first kappa shape index (κ1) is 11.9. The summed E-state index contributed by atoms with van der Waals surface area (Å²) in [5.74, 6) is -0.609. The largest absolute Gasteiger partial charge is 0.378 e. The van der Waals surface area contributed by atoms with Crippen LogP contribution < -0.4 is 5.73 Å². The highest BCUT2D eigenvalue weighted by atomic mass is 16.5. The van der Waals surface area contributed by atoms with Gasteiger partial charge in [0, 0.05) is 18.4 Å². The van der Waals surface area contributed by atoms with Gasteiger partial charge in [0.15, 0.2) is 0 Å². The van der Waals surface area contributed by atoms with Crippen molar-refractivity contribution in [2.45, 2.75) is 26.1 Å². The van der Waals surface area contributed by atoms with E-state index < -0.39 is 5.91 Å². The van der Waals surface area contributed by atoms with E-state index in [-0.39, 0.29) is 11.9 Å². The third kappa shape index (κ3) is 2.59. The minimum atomic E-state index is -0.632. The number of aromatic nitrogens is 2. The van der Waals surface area contributed by atoms with Crippen LogP contribution in [0.5, 0.6) is 0 Å². The van der Waals surface area contributed by atoms with E-state index in [1.807, 2.05) is 6.92 Å². The normalized spacial score (nSPS) is 18.1. The van der Waals surface area contributed by atoms with Crippen LogP contribution in [-0.4, -0.2) is 29.1 Å². The monoisotopic (exact) mass is 237 g/mol. The molecular formula is C11H15N3O3. The van der Waals surface area contributed by atoms with Gasteiger partial charge in [-0.15, -0.1) is 0 Å². The molecule has 2 N–H and O–H groups in total. The molecule has 92 valence electrons. The molecular weight excluding hydrogens is 222 g/mol. The summed E-state index contributed by atoms with van der Waals surface area (Å²) in [7, 11) is 0. The number of primary amides is 1. The van der Waals surface area contributed by atoms with Crippen molar-refractivity contribution >= 4 is 5.91 Å². The lowest BCUT2D eigenvalue weighted by Crippen LogP contribution is -2.17. The van der Waals surface area contributed by atoms with E-state index in [1.165, 1.54) is 0 Å². The SMILES string of the molecule is CCCOCC1OCc2cnc(C(N)=O)nc21. The van der Waals surface area contributed by atoms with Crippen molar-refractivity contribution in [3.05, 3.63) is 23.3 Å². The fraction of sp³-hybridized carbons (Fsp3) is 0.545. The summed E-state index contributed by atoms with van der Waals surface area (Å²) < 4.78 is 10.9. The molecule has 17 heavy (non-hydrogen) atoms. The average molecular weight is 237 g/mol. The molecule has 1 aromatic rings. The summed E-state index contributed by atoms with van der Waals surface area (Å²) in [6, 6.07) is 0. The Labute approximate surface area is 99.1 Å². The minimum Gasteiger partial charge on any atom is -0.378 e. The molecule has 0 radical (unpaired) electrons. The quantitative estimate of drug-likeness (QED) is 0.756. The van der Waals surface area contributed by atoms with E-state index in [1.54, 1.807) is 6.20 Å². The first-order valence-electron chi connectivity index (χ1n) is 5.57. The lowest BCUT2D eigenvalue weighted by molar-refractivity contribution is -0.0103. The minimum absolute atomic E-state index is 0.0229. The zero-order chi connectivity index (χ0) is 12.3. The number of rotatable bonds is 5. The predicted octanol–water partition coefficient (Wildman–Crippen LogP) is 0.573. The van der Waals surface area contributed by atoms with Crippen LogP contribution in [0.4, 0.5) is 0 Å². The molecule has 1 aliphatic heterocycles. The molecule has 6 heteroatoms. The standard InChI is InChI=1S/C11H15N3O3/c1-2-3-16-6-8-9-7(5-17-8)4-13-11(14-9)10(12)15/h4,8H,2-3,5-6H2,1H3,(H2,12,15). The van der Waals surface area contributed by atoms with Gasteiger partial charge in [0.25, 0.3) is 5.91 Å². The Morgan fingerprint density at radius 1 is 1.71 bits per heavy atom. The molecule has 1 atom stereocenters. The Hall–Kier alpha value is -1.53. The number of nitrogens with zero attached hydrogens (tertiary/aromatic N) is 2. The maximum Gasteiger partial charge on any atom is 0.286 e. The molecule has 0 saturated carbocycles. The highest BCUT2D eigenvalue weighted by Gasteiger charge is 2.26. The Bertz CT molecular complexity index is 422. The summed E-state index contributed by atoms with van der Waals surface area (Å²) in [5.41, 5.74) is 6.74. The van der Waals surface area contributed by atoms with Gasteiger partial charge in [0.2, 0.25) is 5.82 Å². The summed E-state index contributed by atoms with van der Waals surface area (Å²) in [5, 5.41) is 0. The Morgan fingerprint density at radius 2 is 2.53 bits per heavy atom. The molecule has 1 amide bonds. The molecule has 0 spiro atoms. The van der Waals surface area contributed by atoms with Gasteiger partial charge in [-0.2, -0.15) is 0 Å². The van der Waals surface area contributed by atoms with Crippen LogP contribution >= 0.6 is 0 Å². The molecule has 0 fully saturated rings. The lowest BCUT2D eigenvalue weighted by Gasteiger charge is -2.10. The van der Waals surface area contributed by atoms with Gasteiger partial charge in [0.1, 0.15) is 6.10 Å². The van der Waals surface area contributed by atoms with Gasteiger partial charge in [0.05, 0.1) is 18.9 Å². The predicted molar refractivity (Wildman–Crippen MR) is 59.2 cm³/mol. The van der Waals surface area contributed by atoms with Crippen LogP contribution in [0.3, 0.4) is 0 Å². The first-order chi connectivity index (χ1) is 8.22. The van der Waals surface area contributed by atoms with Gasteiger partial charge in [-0.25, -0.2) is 9.97 Å². The fourth-order valence-corrected chi connectivity index (χ4v) is 1.66. The molecule has 2 rings (SSSR count). The summed E-state index contributed by atoms with van der Waals surface area (Å²) in [6.07, 6.45) is 2.32. The Balaban J connectivity index is 2.12. The molecule has 1 aromatic heterocycles. The number of ether oxygens (including phenoxy) is 2. The van der Waals surface area contributed by atoms with Crippen molar-refractivity contribution in [2.75, 3.05) is 13.2 Å². The average Bonchev–Trinajstić information content (AvgIpc) is 2.72. The number of hydrogen-bond acceptors (Lipinski definition) is 5. The van der Waals surface area contributed by atoms with Gasteiger partial charge in [-0.3, -0.25) is 4.79 Å². The second-order valence-corrected chi connectivity index (χ2v) is 3.84. The second-order valence-electron chi connectivity index (χ2n) is 3.84. The molecule has 0 aliphatic carbocycles. The Morgan fingerprint density at radius 3 is 3.24 bits per heavy atom. The second kappa shape index (κ2) is 5.20. The zero-order valence-electron chi connectivity index (χ0n) is 9.68. The maximum atomic E-state index is 11.0. The highest BCUT2D eigenvalue weighted by molar-refractivity contribution is 5.88. The smallest absolute Gasteiger partial charge is 0.286 e. The van der Waals surface area contributed by atoms with Crippen LogP contribution in [0.2, 0.25) is 0 Å². The number of amides is 1. The van der Waals surface area contributed by atoms with Crippen molar-refractivity contribution in [1.29, 1.82) is 0 Å². The van der Waals surface area contributed by atoms with Gasteiger partial charge >= 0.3 is 0 Å². The van der Waals surface area contributed by atoms with Crippen LogP contribution in [-0.2, 0) is 16.1 Å². The number of carbonyl (C=O) groups is 1. The highest BCUT2D eigenvalue weighted by Crippen LogP contribution is 2.28. The van der Waals surface area contributed by atoms with Crippen LogP contribution in [0.1, 0.15) is 41.3 Å². The molecule has 2 heterocycles. The van der Waals surface area contributed by atoms with Crippen molar-refractivity contribution in [3.63, 3.8) is 0 Å². The van der Waals surface area contributed by atoms with Crippen LogP contribution in [0.15, 0.2) is 6.20 Å². The first-order valence-corrected chi connectivity index (χ1v) is 5.57. The summed E-state index contributed by atoms with van der Waals surface area (Å²) in [6.45, 7) is 3.62. The van der Waals surface area contributed by atoms with Gasteiger partial charge in [-0.05, 0) is 6.42 Å². The number of carbonyl (C=O) groups excluding carboxylic acids is 1. The van der Waals surface area contributed by atoms with E-state index >= 15 is 0 Å². The molecule has 6 nitrogen and oxygen atoms in total. The molecule has 1 aliphatic rings. The van der Waals surface area contributed by atoms with Gasteiger partial charge in [-0.1, -0.05) is 6.92 Å². The van der Waals surface area contributed by atoms with Crippen molar-refractivity contribution < 1.29 is 14.3 Å². The number of fused-ring (bicyclic) bond motifs is 1. The van der Waals surface area contributed by atoms with Crippen molar-refractivity contribution in [2.24, 2.45) is 5.73 Å². The number of hydrogen-bond donors (Lipinski definition) is 1. The molecule has 0 saturated heterocycles. The summed E-state index contributed by atoms with van der Waals surface area (Å²) >= 11 is 0.